The van der Waals surface area contributed by atoms with Crippen LogP contribution in [0.1, 0.15) is 11.1 Å². The minimum atomic E-state index is -3.66. The van der Waals surface area contributed by atoms with E-state index in [0.29, 0.717) is 17.8 Å². The number of pyridine rings is 1. The Labute approximate surface area is 158 Å². The maximum atomic E-state index is 13.6. The number of benzene rings is 1. The molecule has 0 aliphatic rings. The summed E-state index contributed by atoms with van der Waals surface area (Å²) in [7, 11) is -1.88. The van der Waals surface area contributed by atoms with Crippen LogP contribution in [0.5, 0.6) is 0 Å². The molecule has 140 valence electrons. The van der Waals surface area contributed by atoms with E-state index in [0.717, 1.165) is 11.1 Å². The second kappa shape index (κ2) is 8.28. The lowest BCUT2D eigenvalue weighted by molar-refractivity contribution is 0.591. The average Bonchev–Trinajstić information content (AvgIpc) is 3.08. The summed E-state index contributed by atoms with van der Waals surface area (Å²) < 4.78 is 40.7. The molecule has 0 fully saturated rings. The third-order valence-electron chi connectivity index (χ3n) is 3.95. The van der Waals surface area contributed by atoms with Gasteiger partial charge in [0.1, 0.15) is 5.82 Å². The molecule has 0 spiro atoms. The molecule has 0 saturated carbocycles. The van der Waals surface area contributed by atoms with Gasteiger partial charge in [-0.15, -0.1) is 0 Å². The average molecular weight is 385 g/mol. The van der Waals surface area contributed by atoms with E-state index in [1.165, 1.54) is 16.1 Å². The molecule has 0 unspecified atom stereocenters. The zero-order valence-electron chi connectivity index (χ0n) is 14.8. The van der Waals surface area contributed by atoms with Crippen LogP contribution in [0.4, 0.5) is 4.39 Å². The summed E-state index contributed by atoms with van der Waals surface area (Å²) in [4.78, 5) is 4.00. The van der Waals surface area contributed by atoms with E-state index in [4.69, 9.17) is 0 Å². The summed E-state index contributed by atoms with van der Waals surface area (Å²) >= 11 is 0. The monoisotopic (exact) mass is 385 g/mol. The molecule has 1 aromatic carbocycles. The third kappa shape index (κ3) is 4.69. The second-order valence-corrected chi connectivity index (χ2v) is 7.93. The van der Waals surface area contributed by atoms with Crippen LogP contribution in [-0.2, 0) is 16.6 Å². The van der Waals surface area contributed by atoms with Crippen LogP contribution in [0.2, 0.25) is 0 Å². The van der Waals surface area contributed by atoms with Gasteiger partial charge in [0.25, 0.3) is 0 Å². The van der Waals surface area contributed by atoms with Gasteiger partial charge < -0.3 is 5.32 Å². The molecule has 0 radical (unpaired) electrons. The predicted octanol–water partition coefficient (Wildman–Crippen LogP) is 3.30. The fourth-order valence-corrected chi connectivity index (χ4v) is 4.00. The van der Waals surface area contributed by atoms with Crippen molar-refractivity contribution < 1.29 is 12.8 Å². The fourth-order valence-electron chi connectivity index (χ4n) is 2.75. The number of hydrogen-bond donors (Lipinski definition) is 1. The number of hydrogen-bond acceptors (Lipinski definition) is 4. The number of aromatic nitrogens is 2. The first-order chi connectivity index (χ1) is 13.0. The Kier molecular flexibility index (Phi) is 5.83. The van der Waals surface area contributed by atoms with Crippen molar-refractivity contribution in [2.24, 2.45) is 0 Å². The maximum absolute atomic E-state index is 13.6. The molecule has 2 aromatic heterocycles. The molecule has 0 bridgehead atoms. The molecule has 3 aromatic rings. The zero-order valence-corrected chi connectivity index (χ0v) is 15.7. The summed E-state index contributed by atoms with van der Waals surface area (Å²) in [5.74, 6) is -0.595. The highest BCUT2D eigenvalue weighted by Crippen LogP contribution is 2.25. The topological polar surface area (TPSA) is 64.0 Å². The van der Waals surface area contributed by atoms with Crippen LogP contribution in [0.25, 0.3) is 17.3 Å². The fraction of sp³-hybridized carbons (Fsp3) is 0.150. The molecule has 5 nitrogen and oxygen atoms in total. The van der Waals surface area contributed by atoms with Gasteiger partial charge in [-0.2, -0.15) is 0 Å². The van der Waals surface area contributed by atoms with E-state index >= 15 is 0 Å². The highest BCUT2D eigenvalue weighted by molar-refractivity contribution is 7.90. The van der Waals surface area contributed by atoms with Crippen LogP contribution in [0.3, 0.4) is 0 Å². The number of halogens is 1. The molecular weight excluding hydrogens is 365 g/mol. The van der Waals surface area contributed by atoms with Crippen molar-refractivity contribution >= 4 is 16.1 Å². The number of nitrogens with one attached hydrogen (secondary N) is 1. The van der Waals surface area contributed by atoms with Crippen molar-refractivity contribution in [1.29, 1.82) is 0 Å². The van der Waals surface area contributed by atoms with Crippen LogP contribution >= 0.6 is 0 Å². The van der Waals surface area contributed by atoms with E-state index in [1.807, 2.05) is 6.07 Å². The number of rotatable bonds is 7. The van der Waals surface area contributed by atoms with Crippen molar-refractivity contribution in [3.8, 4) is 11.3 Å². The summed E-state index contributed by atoms with van der Waals surface area (Å²) in [6.45, 7) is 0.510. The van der Waals surface area contributed by atoms with Gasteiger partial charge in [-0.3, -0.25) is 4.98 Å². The minimum Gasteiger partial charge on any atom is -0.316 e. The van der Waals surface area contributed by atoms with Gasteiger partial charge >= 0.3 is 0 Å². The van der Waals surface area contributed by atoms with Gasteiger partial charge in [0.2, 0.25) is 10.0 Å². The lowest BCUT2D eigenvalue weighted by atomic mass is 10.1. The minimum absolute atomic E-state index is 0.183. The van der Waals surface area contributed by atoms with Gasteiger partial charge in [-0.1, -0.05) is 30.4 Å². The molecule has 0 aliphatic carbocycles. The van der Waals surface area contributed by atoms with Gasteiger partial charge in [0.15, 0.2) is 0 Å². The molecule has 7 heteroatoms. The van der Waals surface area contributed by atoms with Crippen molar-refractivity contribution in [3.05, 3.63) is 84.1 Å². The molecule has 0 atom stereocenters. The SMILES string of the molecule is CNCc1cc(-c2cccc(F)c2)n(S(=O)(=O)CC=Cc2cccnc2)c1. The van der Waals surface area contributed by atoms with Crippen molar-refractivity contribution in [1.82, 2.24) is 14.3 Å². The standard InChI is InChI=1S/C20H20FN3O2S/c1-22-13-17-11-20(18-7-2-8-19(21)12-18)24(15-17)27(25,26)10-4-6-16-5-3-9-23-14-16/h2-9,11-12,14-15,22H,10,13H2,1H3. The molecule has 27 heavy (non-hydrogen) atoms. The van der Waals surface area contributed by atoms with E-state index in [1.54, 1.807) is 62.1 Å². The van der Waals surface area contributed by atoms with Gasteiger partial charge in [-0.05, 0) is 42.4 Å². The van der Waals surface area contributed by atoms with Crippen LogP contribution in [0, 0.1) is 5.82 Å². The lowest BCUT2D eigenvalue weighted by Gasteiger charge is -2.09. The Morgan fingerprint density at radius 3 is 2.78 bits per heavy atom. The Balaban J connectivity index is 1.95. The Hall–Kier alpha value is -2.77. The third-order valence-corrected chi connectivity index (χ3v) is 5.46. The van der Waals surface area contributed by atoms with Crippen LogP contribution in [0.15, 0.2) is 67.1 Å². The van der Waals surface area contributed by atoms with Crippen LogP contribution < -0.4 is 5.32 Å². The lowest BCUT2D eigenvalue weighted by Crippen LogP contribution is -2.15. The Morgan fingerprint density at radius 1 is 1.22 bits per heavy atom. The summed E-state index contributed by atoms with van der Waals surface area (Å²) in [6, 6.07) is 11.3. The van der Waals surface area contributed by atoms with Gasteiger partial charge in [-0.25, -0.2) is 16.8 Å². The van der Waals surface area contributed by atoms with E-state index in [-0.39, 0.29) is 5.75 Å². The quantitative estimate of drug-likeness (QED) is 0.678. The molecule has 0 amide bonds. The summed E-state index contributed by atoms with van der Waals surface area (Å²) in [5.41, 5.74) is 2.57. The van der Waals surface area contributed by atoms with Crippen molar-refractivity contribution in [2.75, 3.05) is 12.8 Å². The molecule has 3 rings (SSSR count). The first kappa shape index (κ1) is 19.0. The smallest absolute Gasteiger partial charge is 0.242 e. The van der Waals surface area contributed by atoms with Gasteiger partial charge in [0.05, 0.1) is 11.4 Å². The summed E-state index contributed by atoms with van der Waals surface area (Å²) in [5, 5.41) is 3.00. The highest BCUT2D eigenvalue weighted by atomic mass is 32.2. The maximum Gasteiger partial charge on any atom is 0.242 e. The van der Waals surface area contributed by atoms with Crippen molar-refractivity contribution in [2.45, 2.75) is 6.54 Å². The largest absolute Gasteiger partial charge is 0.316 e. The van der Waals surface area contributed by atoms with Crippen LogP contribution in [-0.4, -0.2) is 30.2 Å². The van der Waals surface area contributed by atoms with Crippen molar-refractivity contribution in [3.63, 3.8) is 0 Å². The normalized spacial score (nSPS) is 11.9. The molecule has 2 heterocycles. The Morgan fingerprint density at radius 2 is 2.07 bits per heavy atom. The molecule has 1 N–H and O–H groups in total. The zero-order chi connectivity index (χ0) is 19.3. The first-order valence-electron chi connectivity index (χ1n) is 8.41. The first-order valence-corrected chi connectivity index (χ1v) is 10.0. The second-order valence-electron chi connectivity index (χ2n) is 6.04. The number of nitrogens with zero attached hydrogens (tertiary/aromatic N) is 2. The van der Waals surface area contributed by atoms with E-state index < -0.39 is 15.8 Å². The van der Waals surface area contributed by atoms with E-state index in [9.17, 15) is 12.8 Å². The highest BCUT2D eigenvalue weighted by Gasteiger charge is 2.18. The van der Waals surface area contributed by atoms with Gasteiger partial charge in [0, 0.05) is 30.7 Å². The Bertz CT molecular complexity index is 1040. The van der Waals surface area contributed by atoms with E-state index in [2.05, 4.69) is 10.3 Å². The molecular formula is C20H20FN3O2S. The predicted molar refractivity (Wildman–Crippen MR) is 105 cm³/mol. The molecule has 0 aliphatic heterocycles. The summed E-state index contributed by atoms with van der Waals surface area (Å²) in [6.07, 6.45) is 8.18. The molecule has 0 saturated heterocycles.